The number of hydrogen-bond acceptors (Lipinski definition) is 5. The van der Waals surface area contributed by atoms with Gasteiger partial charge in [0, 0.05) is 25.2 Å². The maximum absolute atomic E-state index is 12.7. The first-order valence-electron chi connectivity index (χ1n) is 9.10. The van der Waals surface area contributed by atoms with Gasteiger partial charge in [0.1, 0.15) is 11.9 Å². The third kappa shape index (κ3) is 3.40. The van der Waals surface area contributed by atoms with Gasteiger partial charge in [-0.3, -0.25) is 9.59 Å². The molecule has 3 unspecified atom stereocenters. The van der Waals surface area contributed by atoms with Crippen molar-refractivity contribution in [1.82, 2.24) is 0 Å². The van der Waals surface area contributed by atoms with Crippen LogP contribution < -0.4 is 4.74 Å². The Bertz CT molecular complexity index is 751. The van der Waals surface area contributed by atoms with E-state index in [4.69, 9.17) is 9.47 Å². The Morgan fingerprint density at radius 1 is 1.38 bits per heavy atom. The predicted molar refractivity (Wildman–Crippen MR) is 96.7 cm³/mol. The average Bonchev–Trinajstić information content (AvgIpc) is 2.92. The van der Waals surface area contributed by atoms with E-state index in [9.17, 15) is 14.7 Å². The zero-order valence-corrected chi connectivity index (χ0v) is 15.6. The molecule has 2 aliphatic rings. The van der Waals surface area contributed by atoms with Crippen molar-refractivity contribution in [3.63, 3.8) is 0 Å². The van der Waals surface area contributed by atoms with Crippen molar-refractivity contribution in [2.24, 2.45) is 5.41 Å². The minimum absolute atomic E-state index is 0.103. The normalized spacial score (nSPS) is 26.5. The van der Waals surface area contributed by atoms with Crippen LogP contribution in [0.1, 0.15) is 57.6 Å². The molecule has 0 amide bonds. The van der Waals surface area contributed by atoms with Crippen molar-refractivity contribution in [3.05, 3.63) is 41.0 Å². The maximum atomic E-state index is 12.7. The van der Waals surface area contributed by atoms with Crippen LogP contribution in [0.25, 0.3) is 0 Å². The molecule has 0 heterocycles. The van der Waals surface area contributed by atoms with Crippen molar-refractivity contribution in [3.8, 4) is 5.75 Å². The average molecular weight is 358 g/mol. The molecule has 1 aromatic carbocycles. The quantitative estimate of drug-likeness (QED) is 0.816. The second-order valence-electron chi connectivity index (χ2n) is 7.43. The van der Waals surface area contributed by atoms with Gasteiger partial charge in [-0.1, -0.05) is 24.6 Å². The molecule has 3 rings (SSSR count). The fourth-order valence-corrected chi connectivity index (χ4v) is 4.28. The van der Waals surface area contributed by atoms with Crippen LogP contribution in [0.5, 0.6) is 5.75 Å². The molecule has 1 saturated carbocycles. The van der Waals surface area contributed by atoms with E-state index < -0.39 is 12.2 Å². The minimum atomic E-state index is -0.547. The number of hydrogen-bond donors (Lipinski definition) is 1. The summed E-state index contributed by atoms with van der Waals surface area (Å²) in [5.41, 5.74) is 2.23. The van der Waals surface area contributed by atoms with Gasteiger partial charge in [-0.05, 0) is 42.5 Å². The Labute approximate surface area is 154 Å². The van der Waals surface area contributed by atoms with Gasteiger partial charge in [0.2, 0.25) is 0 Å². The van der Waals surface area contributed by atoms with E-state index in [-0.39, 0.29) is 17.2 Å². The summed E-state index contributed by atoms with van der Waals surface area (Å²) in [6.45, 7) is 3.41. The first kappa shape index (κ1) is 18.6. The number of carbonyl (C=O) groups excluding carboxylic acids is 2. The summed E-state index contributed by atoms with van der Waals surface area (Å²) < 4.78 is 10.8. The van der Waals surface area contributed by atoms with Crippen molar-refractivity contribution >= 4 is 11.8 Å². The molecule has 0 aliphatic heterocycles. The summed E-state index contributed by atoms with van der Waals surface area (Å²) in [7, 11) is 1.58. The zero-order valence-electron chi connectivity index (χ0n) is 15.6. The number of methoxy groups -OCH3 is 1. The maximum Gasteiger partial charge on any atom is 0.303 e. The molecule has 5 nitrogen and oxygen atoms in total. The molecule has 1 aromatic rings. The van der Waals surface area contributed by atoms with E-state index in [0.717, 1.165) is 23.1 Å². The van der Waals surface area contributed by atoms with Gasteiger partial charge in [-0.15, -0.1) is 0 Å². The first-order valence-corrected chi connectivity index (χ1v) is 9.10. The van der Waals surface area contributed by atoms with Crippen LogP contribution >= 0.6 is 0 Å². The van der Waals surface area contributed by atoms with Crippen molar-refractivity contribution in [2.45, 2.75) is 58.2 Å². The van der Waals surface area contributed by atoms with E-state index in [2.05, 4.69) is 0 Å². The molecular formula is C21H26O5. The molecule has 2 aliphatic carbocycles. The number of rotatable bonds is 5. The topological polar surface area (TPSA) is 72.8 Å². The fourth-order valence-electron chi connectivity index (χ4n) is 4.28. The summed E-state index contributed by atoms with van der Waals surface area (Å²) >= 11 is 0. The van der Waals surface area contributed by atoms with Crippen LogP contribution in [-0.4, -0.2) is 30.1 Å². The Balaban J connectivity index is 1.98. The van der Waals surface area contributed by atoms with Crippen LogP contribution in [0.2, 0.25) is 0 Å². The number of fused-ring (bicyclic) bond motifs is 1. The summed E-state index contributed by atoms with van der Waals surface area (Å²) in [6, 6.07) is 7.37. The summed E-state index contributed by atoms with van der Waals surface area (Å²) in [5, 5.41) is 10.4. The number of aliphatic hydroxyl groups excluding tert-OH is 1. The summed E-state index contributed by atoms with van der Waals surface area (Å²) in [4.78, 5) is 24.3. The van der Waals surface area contributed by atoms with Gasteiger partial charge >= 0.3 is 5.97 Å². The van der Waals surface area contributed by atoms with Gasteiger partial charge in [0.05, 0.1) is 13.2 Å². The monoisotopic (exact) mass is 358 g/mol. The van der Waals surface area contributed by atoms with Crippen LogP contribution in [-0.2, 0) is 14.3 Å². The minimum Gasteiger partial charge on any atom is -0.497 e. The van der Waals surface area contributed by atoms with Crippen molar-refractivity contribution in [2.75, 3.05) is 7.11 Å². The van der Waals surface area contributed by atoms with E-state index in [1.165, 1.54) is 6.92 Å². The second kappa shape index (κ2) is 7.23. The zero-order chi connectivity index (χ0) is 18.9. The number of Topliss-reactive ketones (excluding diaryl/α,β-unsaturated/α-hetero) is 1. The Hall–Kier alpha value is -2.14. The smallest absolute Gasteiger partial charge is 0.303 e. The molecule has 140 valence electrons. The highest BCUT2D eigenvalue weighted by Crippen LogP contribution is 2.52. The van der Waals surface area contributed by atoms with Crippen molar-refractivity contribution in [1.29, 1.82) is 0 Å². The number of carbonyl (C=O) groups is 2. The highest BCUT2D eigenvalue weighted by atomic mass is 16.5. The molecule has 1 fully saturated rings. The van der Waals surface area contributed by atoms with Gasteiger partial charge in [-0.25, -0.2) is 0 Å². The van der Waals surface area contributed by atoms with Crippen LogP contribution in [0.3, 0.4) is 0 Å². The molecule has 3 atom stereocenters. The second-order valence-corrected chi connectivity index (χ2v) is 7.43. The van der Waals surface area contributed by atoms with E-state index >= 15 is 0 Å². The Morgan fingerprint density at radius 2 is 2.15 bits per heavy atom. The predicted octanol–water partition coefficient (Wildman–Crippen LogP) is 3.51. The van der Waals surface area contributed by atoms with Crippen molar-refractivity contribution < 1.29 is 24.2 Å². The first-order chi connectivity index (χ1) is 12.3. The molecule has 1 N–H and O–H groups in total. The number of aliphatic hydroxyl groups is 1. The summed E-state index contributed by atoms with van der Waals surface area (Å²) in [6.07, 6.45) is 1.90. The molecule has 5 heteroatoms. The van der Waals surface area contributed by atoms with Gasteiger partial charge in [0.15, 0.2) is 5.78 Å². The number of benzene rings is 1. The molecule has 0 bridgehead atoms. The lowest BCUT2D eigenvalue weighted by molar-refractivity contribution is -0.147. The lowest BCUT2D eigenvalue weighted by atomic mass is 9.70. The van der Waals surface area contributed by atoms with Gasteiger partial charge in [-0.2, -0.15) is 0 Å². The highest BCUT2D eigenvalue weighted by molar-refractivity contribution is 5.97. The lowest BCUT2D eigenvalue weighted by Gasteiger charge is -2.36. The molecule has 0 radical (unpaired) electrons. The standard InChI is InChI=1S/C21H26O5/c1-13(22)26-19(14-5-4-6-15(11-14)25-3)12-16-17-7-8-20(24)21(17,2)10-9-18(16)23/h4-6,11,19-20,24H,7-10,12H2,1-3H3. The van der Waals surface area contributed by atoms with E-state index in [0.29, 0.717) is 31.4 Å². The largest absolute Gasteiger partial charge is 0.497 e. The van der Waals surface area contributed by atoms with Crippen LogP contribution in [0, 0.1) is 5.41 Å². The van der Waals surface area contributed by atoms with Gasteiger partial charge in [0.25, 0.3) is 0 Å². The number of ketones is 1. The molecule has 0 spiro atoms. The molecular weight excluding hydrogens is 332 g/mol. The van der Waals surface area contributed by atoms with Gasteiger partial charge < -0.3 is 14.6 Å². The molecule has 0 aromatic heterocycles. The third-order valence-electron chi connectivity index (χ3n) is 5.83. The lowest BCUT2D eigenvalue weighted by Crippen LogP contribution is -2.34. The van der Waals surface area contributed by atoms with Crippen LogP contribution in [0.15, 0.2) is 35.4 Å². The number of ether oxygens (including phenoxy) is 2. The number of esters is 1. The fraction of sp³-hybridized carbons (Fsp3) is 0.524. The molecule has 0 saturated heterocycles. The SMILES string of the molecule is COc1cccc(C(CC2=C3CCC(O)C3(C)CCC2=O)OC(C)=O)c1. The van der Waals surface area contributed by atoms with E-state index in [1.54, 1.807) is 7.11 Å². The van der Waals surface area contributed by atoms with Crippen LogP contribution in [0.4, 0.5) is 0 Å². The summed E-state index contributed by atoms with van der Waals surface area (Å²) in [5.74, 6) is 0.390. The Morgan fingerprint density at radius 3 is 2.85 bits per heavy atom. The Kier molecular flexibility index (Phi) is 5.19. The van der Waals surface area contributed by atoms with E-state index in [1.807, 2.05) is 31.2 Å². The highest BCUT2D eigenvalue weighted by Gasteiger charge is 2.47. The molecule has 26 heavy (non-hydrogen) atoms. The third-order valence-corrected chi connectivity index (χ3v) is 5.83.